The van der Waals surface area contributed by atoms with Crippen molar-refractivity contribution in [3.63, 3.8) is 0 Å². The number of nitrogens with one attached hydrogen (secondary N) is 1. The van der Waals surface area contributed by atoms with Crippen LogP contribution in [0.3, 0.4) is 0 Å². The Morgan fingerprint density at radius 1 is 1.21 bits per heavy atom. The Morgan fingerprint density at radius 2 is 2.00 bits per heavy atom. The van der Waals surface area contributed by atoms with Gasteiger partial charge in [0, 0.05) is 17.1 Å². The van der Waals surface area contributed by atoms with Gasteiger partial charge in [0.1, 0.15) is 13.2 Å². The highest BCUT2D eigenvalue weighted by molar-refractivity contribution is 7.12. The minimum absolute atomic E-state index is 0.187. The lowest BCUT2D eigenvalue weighted by Gasteiger charge is -2.18. The van der Waals surface area contributed by atoms with Gasteiger partial charge >= 0.3 is 0 Å². The average Bonchev–Trinajstić information content (AvgIpc) is 2.85. The van der Waals surface area contributed by atoms with E-state index >= 15 is 0 Å². The largest absolute Gasteiger partial charge is 0.486 e. The van der Waals surface area contributed by atoms with Gasteiger partial charge in [-0.15, -0.1) is 11.3 Å². The molecule has 0 unspecified atom stereocenters. The summed E-state index contributed by atoms with van der Waals surface area (Å²) in [5, 5.41) is 5.09. The highest BCUT2D eigenvalue weighted by Gasteiger charge is 2.14. The first-order valence-corrected chi connectivity index (χ1v) is 6.93. The van der Waals surface area contributed by atoms with E-state index in [4.69, 9.17) is 21.1 Å². The van der Waals surface area contributed by atoms with Gasteiger partial charge in [-0.1, -0.05) is 11.6 Å². The van der Waals surface area contributed by atoms with E-state index in [1.165, 1.54) is 11.3 Å². The van der Waals surface area contributed by atoms with Gasteiger partial charge in [0.25, 0.3) is 5.91 Å². The normalized spacial score (nSPS) is 13.1. The Kier molecular flexibility index (Phi) is 3.31. The molecule has 0 spiro atoms. The molecule has 0 radical (unpaired) electrons. The maximum atomic E-state index is 12.0. The van der Waals surface area contributed by atoms with Crippen molar-refractivity contribution in [2.24, 2.45) is 0 Å². The second-order valence-corrected chi connectivity index (χ2v) is 5.29. The molecule has 0 fully saturated rings. The fourth-order valence-electron chi connectivity index (χ4n) is 1.75. The fourth-order valence-corrected chi connectivity index (χ4v) is 2.71. The Hall–Kier alpha value is -1.72. The number of benzene rings is 1. The quantitative estimate of drug-likeness (QED) is 0.923. The van der Waals surface area contributed by atoms with Gasteiger partial charge in [-0.3, -0.25) is 4.79 Å². The summed E-state index contributed by atoms with van der Waals surface area (Å²) in [7, 11) is 0. The smallest absolute Gasteiger partial charge is 0.265 e. The molecule has 1 aromatic heterocycles. The first-order chi connectivity index (χ1) is 9.22. The van der Waals surface area contributed by atoms with Crippen molar-refractivity contribution in [2.45, 2.75) is 0 Å². The molecule has 0 saturated carbocycles. The number of halogens is 1. The van der Waals surface area contributed by atoms with Crippen LogP contribution in [0.2, 0.25) is 5.02 Å². The first-order valence-electron chi connectivity index (χ1n) is 5.67. The second kappa shape index (κ2) is 5.11. The van der Waals surface area contributed by atoms with E-state index < -0.39 is 0 Å². The van der Waals surface area contributed by atoms with Crippen molar-refractivity contribution in [2.75, 3.05) is 18.5 Å². The van der Waals surface area contributed by atoms with Crippen molar-refractivity contribution in [1.29, 1.82) is 0 Å². The molecule has 0 saturated heterocycles. The summed E-state index contributed by atoms with van der Waals surface area (Å²) in [5.41, 5.74) is 0.666. The van der Waals surface area contributed by atoms with Crippen molar-refractivity contribution < 1.29 is 14.3 Å². The third kappa shape index (κ3) is 2.67. The predicted octanol–water partition coefficient (Wildman–Crippen LogP) is 3.43. The lowest BCUT2D eigenvalue weighted by Crippen LogP contribution is -2.16. The number of hydrogen-bond donors (Lipinski definition) is 1. The number of carbonyl (C=O) groups excluding carboxylic acids is 1. The molecule has 2 heterocycles. The molecule has 98 valence electrons. The van der Waals surface area contributed by atoms with E-state index in [9.17, 15) is 4.79 Å². The van der Waals surface area contributed by atoms with Crippen LogP contribution < -0.4 is 14.8 Å². The summed E-state index contributed by atoms with van der Waals surface area (Å²) < 4.78 is 10.9. The zero-order chi connectivity index (χ0) is 13.2. The molecule has 6 heteroatoms. The van der Waals surface area contributed by atoms with Crippen LogP contribution in [0, 0.1) is 0 Å². The second-order valence-electron chi connectivity index (χ2n) is 3.94. The van der Waals surface area contributed by atoms with Crippen LogP contribution in [0.4, 0.5) is 5.69 Å². The van der Waals surface area contributed by atoms with E-state index in [0.29, 0.717) is 40.3 Å². The van der Waals surface area contributed by atoms with Crippen LogP contribution in [-0.2, 0) is 0 Å². The molecule has 1 aliphatic heterocycles. The van der Waals surface area contributed by atoms with Crippen molar-refractivity contribution in [3.8, 4) is 11.5 Å². The van der Waals surface area contributed by atoms with Crippen LogP contribution in [0.1, 0.15) is 9.67 Å². The lowest BCUT2D eigenvalue weighted by atomic mass is 10.2. The number of thiophene rings is 1. The highest BCUT2D eigenvalue weighted by Crippen LogP contribution is 2.32. The molecule has 1 aliphatic rings. The van der Waals surface area contributed by atoms with Gasteiger partial charge in [-0.25, -0.2) is 0 Å². The van der Waals surface area contributed by atoms with Gasteiger partial charge in [-0.2, -0.15) is 0 Å². The summed E-state index contributed by atoms with van der Waals surface area (Å²) in [5.74, 6) is 1.16. The first kappa shape index (κ1) is 12.3. The Labute approximate surface area is 118 Å². The maximum Gasteiger partial charge on any atom is 0.265 e. The number of amides is 1. The molecule has 1 aromatic carbocycles. The number of rotatable bonds is 2. The van der Waals surface area contributed by atoms with Crippen molar-refractivity contribution >= 4 is 34.5 Å². The van der Waals surface area contributed by atoms with Crippen LogP contribution >= 0.6 is 22.9 Å². The standard InChI is InChI=1S/C13H10ClNO3S/c14-8-5-12(19-7-8)13(16)15-9-1-2-10-11(6-9)18-4-3-17-10/h1-2,5-7H,3-4H2,(H,15,16). The summed E-state index contributed by atoms with van der Waals surface area (Å²) in [6, 6.07) is 6.95. The molecule has 0 aliphatic carbocycles. The van der Waals surface area contributed by atoms with Crippen LogP contribution in [0.5, 0.6) is 11.5 Å². The molecule has 19 heavy (non-hydrogen) atoms. The minimum Gasteiger partial charge on any atom is -0.486 e. The number of carbonyl (C=O) groups is 1. The molecule has 0 bridgehead atoms. The molecule has 3 rings (SSSR count). The third-order valence-electron chi connectivity index (χ3n) is 2.59. The van der Waals surface area contributed by atoms with E-state index in [-0.39, 0.29) is 5.91 Å². The van der Waals surface area contributed by atoms with Gasteiger partial charge in [-0.05, 0) is 18.2 Å². The van der Waals surface area contributed by atoms with Gasteiger partial charge < -0.3 is 14.8 Å². The monoisotopic (exact) mass is 295 g/mol. The maximum absolute atomic E-state index is 12.0. The molecule has 4 nitrogen and oxygen atoms in total. The number of ether oxygens (including phenoxy) is 2. The van der Waals surface area contributed by atoms with Gasteiger partial charge in [0.15, 0.2) is 11.5 Å². The lowest BCUT2D eigenvalue weighted by molar-refractivity contribution is 0.103. The van der Waals surface area contributed by atoms with E-state index in [1.807, 2.05) is 0 Å². The molecular formula is C13H10ClNO3S. The Morgan fingerprint density at radius 3 is 2.74 bits per heavy atom. The fraction of sp³-hybridized carbons (Fsp3) is 0.154. The van der Waals surface area contributed by atoms with Gasteiger partial charge in [0.2, 0.25) is 0 Å². The highest BCUT2D eigenvalue weighted by atomic mass is 35.5. The Balaban J connectivity index is 1.78. The number of hydrogen-bond acceptors (Lipinski definition) is 4. The van der Waals surface area contributed by atoms with Crippen LogP contribution in [-0.4, -0.2) is 19.1 Å². The average molecular weight is 296 g/mol. The summed E-state index contributed by atoms with van der Waals surface area (Å²) >= 11 is 7.10. The third-order valence-corrected chi connectivity index (χ3v) is 3.87. The van der Waals surface area contributed by atoms with Crippen molar-refractivity contribution in [1.82, 2.24) is 0 Å². The van der Waals surface area contributed by atoms with Crippen molar-refractivity contribution in [3.05, 3.63) is 39.5 Å². The zero-order valence-corrected chi connectivity index (χ0v) is 11.4. The van der Waals surface area contributed by atoms with E-state index in [2.05, 4.69) is 5.32 Å². The summed E-state index contributed by atoms with van der Waals surface area (Å²) in [4.78, 5) is 12.5. The summed E-state index contributed by atoms with van der Waals surface area (Å²) in [6.07, 6.45) is 0. The minimum atomic E-state index is -0.187. The molecule has 1 amide bonds. The Bertz CT molecular complexity index is 626. The topological polar surface area (TPSA) is 47.6 Å². The SMILES string of the molecule is O=C(Nc1ccc2c(c1)OCCO2)c1cc(Cl)cs1. The molecular weight excluding hydrogens is 286 g/mol. The molecule has 2 aromatic rings. The zero-order valence-electron chi connectivity index (χ0n) is 9.81. The van der Waals surface area contributed by atoms with Crippen LogP contribution in [0.25, 0.3) is 0 Å². The van der Waals surface area contributed by atoms with E-state index in [0.717, 1.165) is 0 Å². The van der Waals surface area contributed by atoms with E-state index in [1.54, 1.807) is 29.6 Å². The summed E-state index contributed by atoms with van der Waals surface area (Å²) in [6.45, 7) is 1.07. The number of fused-ring (bicyclic) bond motifs is 1. The molecule has 0 atom stereocenters. The predicted molar refractivity (Wildman–Crippen MR) is 74.7 cm³/mol. The molecule has 1 N–H and O–H groups in total. The van der Waals surface area contributed by atoms with Crippen LogP contribution in [0.15, 0.2) is 29.6 Å². The van der Waals surface area contributed by atoms with Gasteiger partial charge in [0.05, 0.1) is 9.90 Å². The number of anilines is 1.